The predicted octanol–water partition coefficient (Wildman–Crippen LogP) is 2.45. The van der Waals surface area contributed by atoms with Crippen molar-refractivity contribution in [2.24, 2.45) is 0 Å². The summed E-state index contributed by atoms with van der Waals surface area (Å²) in [4.78, 5) is 40.2. The number of amides is 2. The maximum atomic E-state index is 12.8. The van der Waals surface area contributed by atoms with Gasteiger partial charge in [-0.3, -0.25) is 14.5 Å². The molecule has 174 valence electrons. The first-order chi connectivity index (χ1) is 15.8. The lowest BCUT2D eigenvalue weighted by Gasteiger charge is -2.24. The van der Waals surface area contributed by atoms with Crippen molar-refractivity contribution in [1.29, 1.82) is 0 Å². The van der Waals surface area contributed by atoms with Crippen molar-refractivity contribution < 1.29 is 28.6 Å². The van der Waals surface area contributed by atoms with Crippen LogP contribution in [0.2, 0.25) is 0 Å². The second-order valence-electron chi connectivity index (χ2n) is 7.33. The number of methoxy groups -OCH3 is 3. The molecule has 2 aromatic rings. The number of carbonyl (C=O) groups is 3. The van der Waals surface area contributed by atoms with Gasteiger partial charge >= 0.3 is 5.97 Å². The van der Waals surface area contributed by atoms with Crippen LogP contribution in [0.1, 0.15) is 22.3 Å². The van der Waals surface area contributed by atoms with E-state index in [1.807, 2.05) is 12.1 Å². The minimum Gasteiger partial charge on any atom is -0.493 e. The molecular formula is C23H25N3O6S. The Balaban J connectivity index is 1.73. The fraction of sp³-hybridized carbons (Fsp3) is 0.304. The zero-order valence-electron chi connectivity index (χ0n) is 18.8. The van der Waals surface area contributed by atoms with Crippen LogP contribution in [0.15, 0.2) is 42.5 Å². The Hall–Kier alpha value is -3.66. The van der Waals surface area contributed by atoms with Crippen molar-refractivity contribution in [3.63, 3.8) is 0 Å². The van der Waals surface area contributed by atoms with E-state index < -0.39 is 12.0 Å². The summed E-state index contributed by atoms with van der Waals surface area (Å²) in [5.41, 5.74) is 1.72. The Morgan fingerprint density at radius 2 is 1.70 bits per heavy atom. The van der Waals surface area contributed by atoms with Gasteiger partial charge in [-0.2, -0.15) is 0 Å². The lowest BCUT2D eigenvalue weighted by atomic mass is 10.1. The van der Waals surface area contributed by atoms with E-state index in [-0.39, 0.29) is 18.2 Å². The second kappa shape index (κ2) is 10.3. The lowest BCUT2D eigenvalue weighted by Crippen LogP contribution is -2.37. The zero-order chi connectivity index (χ0) is 24.1. The third kappa shape index (κ3) is 5.23. The molecule has 1 saturated heterocycles. The Kier molecular flexibility index (Phi) is 7.49. The molecule has 2 aromatic carbocycles. The van der Waals surface area contributed by atoms with Gasteiger partial charge in [0, 0.05) is 19.3 Å². The van der Waals surface area contributed by atoms with Crippen LogP contribution in [-0.2, 0) is 20.9 Å². The summed E-state index contributed by atoms with van der Waals surface area (Å²) in [6, 6.07) is 11.0. The van der Waals surface area contributed by atoms with Crippen LogP contribution in [0.5, 0.6) is 11.5 Å². The summed E-state index contributed by atoms with van der Waals surface area (Å²) < 4.78 is 15.3. The highest BCUT2D eigenvalue weighted by Crippen LogP contribution is 2.30. The van der Waals surface area contributed by atoms with E-state index in [1.54, 1.807) is 56.5 Å². The second-order valence-corrected chi connectivity index (χ2v) is 7.70. The third-order valence-corrected chi connectivity index (χ3v) is 5.80. The van der Waals surface area contributed by atoms with Crippen molar-refractivity contribution in [2.45, 2.75) is 19.0 Å². The monoisotopic (exact) mass is 471 g/mol. The van der Waals surface area contributed by atoms with Crippen LogP contribution in [0.4, 0.5) is 5.69 Å². The number of ether oxygens (including phenoxy) is 3. The van der Waals surface area contributed by atoms with Crippen molar-refractivity contribution in [3.8, 4) is 11.5 Å². The van der Waals surface area contributed by atoms with Gasteiger partial charge in [0.25, 0.3) is 5.91 Å². The third-order valence-electron chi connectivity index (χ3n) is 5.29. The number of nitrogens with zero attached hydrogens (tertiary/aromatic N) is 2. The lowest BCUT2D eigenvalue weighted by molar-refractivity contribution is -0.130. The van der Waals surface area contributed by atoms with Gasteiger partial charge in [0.15, 0.2) is 16.6 Å². The molecule has 1 atom stereocenters. The van der Waals surface area contributed by atoms with Crippen LogP contribution in [0.3, 0.4) is 0 Å². The summed E-state index contributed by atoms with van der Waals surface area (Å²) in [5, 5.41) is 3.10. The summed E-state index contributed by atoms with van der Waals surface area (Å²) in [5.74, 6) is 0.0788. The number of rotatable bonds is 8. The van der Waals surface area contributed by atoms with Gasteiger partial charge in [-0.15, -0.1) is 0 Å². The van der Waals surface area contributed by atoms with Gasteiger partial charge in [0.2, 0.25) is 5.91 Å². The van der Waals surface area contributed by atoms with Crippen LogP contribution in [0.25, 0.3) is 0 Å². The highest BCUT2D eigenvalue weighted by Gasteiger charge is 2.41. The molecule has 1 fully saturated rings. The summed E-state index contributed by atoms with van der Waals surface area (Å²) in [6.07, 6.45) is -0.0879. The number of likely N-dealkylation sites (N-methyl/N-ethyl adjacent to an activating group) is 1. The molecule has 1 unspecified atom stereocenters. The van der Waals surface area contributed by atoms with Gasteiger partial charge in [0.05, 0.1) is 33.3 Å². The molecule has 0 bridgehead atoms. The van der Waals surface area contributed by atoms with E-state index >= 15 is 0 Å². The standard InChI is InChI=1S/C23H25N3O6S/c1-25-21(28)17(12-20(27)24-16-8-6-15(7-9-16)22(29)32-4)26(23(25)33)13-14-5-10-18(30-2)19(11-14)31-3/h5-11,17H,12-13H2,1-4H3,(H,24,27). The van der Waals surface area contributed by atoms with Gasteiger partial charge in [-0.05, 0) is 54.2 Å². The van der Waals surface area contributed by atoms with Crippen LogP contribution < -0.4 is 14.8 Å². The fourth-order valence-electron chi connectivity index (χ4n) is 3.52. The number of carbonyl (C=O) groups excluding carboxylic acids is 3. The zero-order valence-corrected chi connectivity index (χ0v) is 19.6. The number of nitrogens with one attached hydrogen (secondary N) is 1. The molecule has 9 nitrogen and oxygen atoms in total. The normalized spacial score (nSPS) is 15.5. The SMILES string of the molecule is COC(=O)c1ccc(NC(=O)CC2C(=O)N(C)C(=S)N2Cc2ccc(OC)c(OC)c2)cc1. The first-order valence-electron chi connectivity index (χ1n) is 10.1. The van der Waals surface area contributed by atoms with Gasteiger partial charge in [0.1, 0.15) is 6.04 Å². The number of hydrogen-bond donors (Lipinski definition) is 1. The Labute approximate surface area is 197 Å². The maximum Gasteiger partial charge on any atom is 0.337 e. The Morgan fingerprint density at radius 3 is 2.30 bits per heavy atom. The molecule has 0 aliphatic carbocycles. The molecule has 0 spiro atoms. The van der Waals surface area contributed by atoms with Crippen molar-refractivity contribution >= 4 is 40.8 Å². The summed E-state index contributed by atoms with van der Waals surface area (Å²) in [6.45, 7) is 0.320. The molecule has 10 heteroatoms. The number of hydrogen-bond acceptors (Lipinski definition) is 7. The van der Waals surface area contributed by atoms with E-state index in [1.165, 1.54) is 12.0 Å². The molecule has 0 saturated carbocycles. The average Bonchev–Trinajstić information content (AvgIpc) is 3.02. The number of benzene rings is 2. The highest BCUT2D eigenvalue weighted by atomic mass is 32.1. The fourth-order valence-corrected chi connectivity index (χ4v) is 3.80. The number of esters is 1. The average molecular weight is 472 g/mol. The largest absolute Gasteiger partial charge is 0.493 e. The number of anilines is 1. The summed E-state index contributed by atoms with van der Waals surface area (Å²) >= 11 is 5.46. The summed E-state index contributed by atoms with van der Waals surface area (Å²) in [7, 11) is 5.99. The van der Waals surface area contributed by atoms with Crippen molar-refractivity contribution in [3.05, 3.63) is 53.6 Å². The minimum absolute atomic E-state index is 0.0879. The molecule has 1 heterocycles. The van der Waals surface area contributed by atoms with E-state index in [0.29, 0.717) is 34.4 Å². The van der Waals surface area contributed by atoms with E-state index in [9.17, 15) is 14.4 Å². The minimum atomic E-state index is -0.745. The van der Waals surface area contributed by atoms with Gasteiger partial charge < -0.3 is 24.4 Å². The molecule has 1 N–H and O–H groups in total. The molecule has 3 rings (SSSR count). The van der Waals surface area contributed by atoms with Gasteiger partial charge in [-0.25, -0.2) is 4.79 Å². The van der Waals surface area contributed by atoms with E-state index in [2.05, 4.69) is 10.1 Å². The molecule has 2 amide bonds. The predicted molar refractivity (Wildman–Crippen MR) is 125 cm³/mol. The van der Waals surface area contributed by atoms with Crippen molar-refractivity contribution in [1.82, 2.24) is 9.80 Å². The van der Waals surface area contributed by atoms with Crippen molar-refractivity contribution in [2.75, 3.05) is 33.7 Å². The topological polar surface area (TPSA) is 97.4 Å². The van der Waals surface area contributed by atoms with Gasteiger partial charge in [-0.1, -0.05) is 6.07 Å². The van der Waals surface area contributed by atoms with Crippen LogP contribution >= 0.6 is 12.2 Å². The Bertz CT molecular complexity index is 1070. The van der Waals surface area contributed by atoms with Crippen LogP contribution in [-0.4, -0.2) is 67.1 Å². The Morgan fingerprint density at radius 1 is 1.03 bits per heavy atom. The molecule has 1 aliphatic heterocycles. The molecular weight excluding hydrogens is 446 g/mol. The first-order valence-corrected chi connectivity index (χ1v) is 10.5. The van der Waals surface area contributed by atoms with E-state index in [4.69, 9.17) is 21.7 Å². The maximum absolute atomic E-state index is 12.8. The highest BCUT2D eigenvalue weighted by molar-refractivity contribution is 7.80. The molecule has 0 aromatic heterocycles. The number of thiocarbonyl (C=S) groups is 1. The van der Waals surface area contributed by atoms with Crippen LogP contribution in [0, 0.1) is 0 Å². The first kappa shape index (κ1) is 24.0. The van der Waals surface area contributed by atoms with E-state index in [0.717, 1.165) is 5.56 Å². The molecule has 1 aliphatic rings. The quantitative estimate of drug-likeness (QED) is 0.463. The smallest absolute Gasteiger partial charge is 0.337 e. The molecule has 33 heavy (non-hydrogen) atoms. The molecule has 0 radical (unpaired) electrons.